The number of carbonyl (C=O) groups is 1. The van der Waals surface area contributed by atoms with Crippen molar-refractivity contribution in [3.63, 3.8) is 0 Å². The molecule has 1 amide bonds. The lowest BCUT2D eigenvalue weighted by atomic mass is 10.1. The van der Waals surface area contributed by atoms with Gasteiger partial charge in [-0.1, -0.05) is 12.1 Å². The van der Waals surface area contributed by atoms with E-state index in [4.69, 9.17) is 9.68 Å². The molecule has 1 unspecified atom stereocenters. The Morgan fingerprint density at radius 1 is 1.44 bits per heavy atom. The monoisotopic (exact) mass is 354 g/mol. The molecule has 3 rings (SSSR count). The van der Waals surface area contributed by atoms with Crippen LogP contribution in [-0.4, -0.2) is 26.5 Å². The van der Waals surface area contributed by atoms with Crippen molar-refractivity contribution < 1.29 is 14.3 Å². The van der Waals surface area contributed by atoms with Crippen molar-refractivity contribution in [2.45, 2.75) is 19.4 Å². The van der Waals surface area contributed by atoms with Crippen molar-refractivity contribution in [2.24, 2.45) is 0 Å². The molecule has 0 bridgehead atoms. The number of benzene rings is 1. The third-order valence-electron chi connectivity index (χ3n) is 3.31. The second-order valence-electron chi connectivity index (χ2n) is 5.42. The lowest BCUT2D eigenvalue weighted by molar-refractivity contribution is 0.0996. The van der Waals surface area contributed by atoms with Crippen LogP contribution in [0, 0.1) is 11.3 Å². The van der Waals surface area contributed by atoms with E-state index in [2.05, 4.69) is 20.7 Å². The van der Waals surface area contributed by atoms with Crippen molar-refractivity contribution in [3.05, 3.63) is 53.7 Å². The summed E-state index contributed by atoms with van der Waals surface area (Å²) in [5, 5.41) is 21.2. The second-order valence-corrected chi connectivity index (χ2v) is 6.17. The molecule has 0 aliphatic rings. The first-order chi connectivity index (χ1) is 12.0. The SMILES string of the molecule is CC(O)Cc1nsc(NC(=O)c2cc(-c3cccc(C#N)c3)co2)n1. The van der Waals surface area contributed by atoms with Crippen LogP contribution in [0.1, 0.15) is 28.9 Å². The summed E-state index contributed by atoms with van der Waals surface area (Å²) in [5.74, 6) is 0.163. The molecule has 2 N–H and O–H groups in total. The lowest BCUT2D eigenvalue weighted by Crippen LogP contribution is -2.11. The van der Waals surface area contributed by atoms with Gasteiger partial charge >= 0.3 is 0 Å². The minimum atomic E-state index is -0.546. The number of aliphatic hydroxyl groups excluding tert-OH is 1. The highest BCUT2D eigenvalue weighted by molar-refractivity contribution is 7.09. The molecule has 3 aromatic rings. The van der Waals surface area contributed by atoms with Gasteiger partial charge in [0, 0.05) is 23.5 Å². The molecule has 2 aromatic heterocycles. The van der Waals surface area contributed by atoms with E-state index in [-0.39, 0.29) is 5.76 Å². The Morgan fingerprint density at radius 2 is 2.28 bits per heavy atom. The molecular weight excluding hydrogens is 340 g/mol. The minimum Gasteiger partial charge on any atom is -0.459 e. The Kier molecular flexibility index (Phi) is 4.88. The van der Waals surface area contributed by atoms with Crippen molar-refractivity contribution in [2.75, 3.05) is 5.32 Å². The number of carbonyl (C=O) groups excluding carboxylic acids is 1. The van der Waals surface area contributed by atoms with Crippen LogP contribution >= 0.6 is 11.5 Å². The molecule has 25 heavy (non-hydrogen) atoms. The molecular formula is C17H14N4O3S. The Morgan fingerprint density at radius 3 is 3.04 bits per heavy atom. The van der Waals surface area contributed by atoms with E-state index >= 15 is 0 Å². The summed E-state index contributed by atoms with van der Waals surface area (Å²) in [6, 6.07) is 10.7. The zero-order chi connectivity index (χ0) is 17.8. The van der Waals surface area contributed by atoms with Gasteiger partial charge in [0.1, 0.15) is 5.82 Å². The van der Waals surface area contributed by atoms with Gasteiger partial charge in [0.05, 0.1) is 24.0 Å². The van der Waals surface area contributed by atoms with Crippen LogP contribution in [-0.2, 0) is 6.42 Å². The number of nitrogens with one attached hydrogen (secondary N) is 1. The summed E-state index contributed by atoms with van der Waals surface area (Å²) < 4.78 is 9.39. The molecule has 1 aromatic carbocycles. The largest absolute Gasteiger partial charge is 0.459 e. The molecule has 8 heteroatoms. The number of hydrogen-bond donors (Lipinski definition) is 2. The van der Waals surface area contributed by atoms with E-state index in [1.54, 1.807) is 31.2 Å². The molecule has 0 aliphatic carbocycles. The summed E-state index contributed by atoms with van der Waals surface area (Å²) in [6.45, 7) is 1.64. The molecule has 1 atom stereocenters. The Hall–Kier alpha value is -3.02. The zero-order valence-corrected chi connectivity index (χ0v) is 14.1. The number of rotatable bonds is 5. The summed E-state index contributed by atoms with van der Waals surface area (Å²) in [7, 11) is 0. The first-order valence-corrected chi connectivity index (χ1v) is 8.23. The molecule has 0 aliphatic heterocycles. The maximum absolute atomic E-state index is 12.2. The second kappa shape index (κ2) is 7.25. The average molecular weight is 354 g/mol. The first kappa shape index (κ1) is 16.8. The van der Waals surface area contributed by atoms with E-state index < -0.39 is 12.0 Å². The third kappa shape index (κ3) is 4.09. The normalized spacial score (nSPS) is 11.7. The fourth-order valence-electron chi connectivity index (χ4n) is 2.19. The number of hydrogen-bond acceptors (Lipinski definition) is 7. The lowest BCUT2D eigenvalue weighted by Gasteiger charge is -1.98. The van der Waals surface area contributed by atoms with Gasteiger partial charge in [0.15, 0.2) is 5.76 Å². The van der Waals surface area contributed by atoms with Crippen LogP contribution in [0.2, 0.25) is 0 Å². The molecule has 2 heterocycles. The molecule has 0 radical (unpaired) electrons. The van der Waals surface area contributed by atoms with Gasteiger partial charge < -0.3 is 9.52 Å². The molecule has 0 spiro atoms. The van der Waals surface area contributed by atoms with Gasteiger partial charge in [-0.15, -0.1) is 0 Å². The van der Waals surface area contributed by atoms with Crippen molar-refractivity contribution in [1.82, 2.24) is 9.36 Å². The fraction of sp³-hybridized carbons (Fsp3) is 0.176. The maximum atomic E-state index is 12.2. The highest BCUT2D eigenvalue weighted by atomic mass is 32.1. The standard InChI is InChI=1S/C17H14N4O3S/c1-10(22)5-15-19-17(25-21-15)20-16(23)14-7-13(9-24-14)12-4-2-3-11(6-12)8-18/h2-4,6-7,9-10,22H,5H2,1H3,(H,19,20,21,23). The number of aliphatic hydroxyl groups is 1. The Bertz CT molecular complexity index is 939. The number of nitrogens with zero attached hydrogens (tertiary/aromatic N) is 3. The number of amides is 1. The van der Waals surface area contributed by atoms with E-state index in [0.717, 1.165) is 17.1 Å². The van der Waals surface area contributed by atoms with Crippen LogP contribution in [0.4, 0.5) is 5.13 Å². The predicted molar refractivity (Wildman–Crippen MR) is 92.1 cm³/mol. The van der Waals surface area contributed by atoms with E-state index in [9.17, 15) is 9.90 Å². The first-order valence-electron chi connectivity index (χ1n) is 7.46. The van der Waals surface area contributed by atoms with Gasteiger partial charge in [-0.3, -0.25) is 10.1 Å². The van der Waals surface area contributed by atoms with Gasteiger partial charge in [-0.05, 0) is 30.7 Å². The number of aromatic nitrogens is 2. The summed E-state index contributed by atoms with van der Waals surface area (Å²) in [6.07, 6.45) is 1.24. The van der Waals surface area contributed by atoms with Gasteiger partial charge in [0.2, 0.25) is 5.13 Å². The van der Waals surface area contributed by atoms with Crippen molar-refractivity contribution >= 4 is 22.6 Å². The number of furan rings is 1. The zero-order valence-electron chi connectivity index (χ0n) is 13.3. The molecule has 0 fully saturated rings. The average Bonchev–Trinajstić information content (AvgIpc) is 3.24. The summed E-state index contributed by atoms with van der Waals surface area (Å²) in [5.41, 5.74) is 2.02. The van der Waals surface area contributed by atoms with E-state index in [1.807, 2.05) is 6.07 Å². The fourth-order valence-corrected chi connectivity index (χ4v) is 2.78. The van der Waals surface area contributed by atoms with Crippen LogP contribution in [0.3, 0.4) is 0 Å². The van der Waals surface area contributed by atoms with Gasteiger partial charge in [0.25, 0.3) is 5.91 Å². The molecule has 0 saturated carbocycles. The van der Waals surface area contributed by atoms with Crippen LogP contribution in [0.5, 0.6) is 0 Å². The predicted octanol–water partition coefficient (Wildman–Crippen LogP) is 2.85. The van der Waals surface area contributed by atoms with Crippen LogP contribution in [0.15, 0.2) is 41.0 Å². The minimum absolute atomic E-state index is 0.129. The van der Waals surface area contributed by atoms with Crippen molar-refractivity contribution in [1.29, 1.82) is 5.26 Å². The Labute approximate surface area is 147 Å². The van der Waals surface area contributed by atoms with E-state index in [1.165, 1.54) is 6.26 Å². The van der Waals surface area contributed by atoms with Crippen LogP contribution in [0.25, 0.3) is 11.1 Å². The van der Waals surface area contributed by atoms with E-state index in [0.29, 0.717) is 28.5 Å². The highest BCUT2D eigenvalue weighted by Gasteiger charge is 2.15. The van der Waals surface area contributed by atoms with Crippen molar-refractivity contribution in [3.8, 4) is 17.2 Å². The molecule has 7 nitrogen and oxygen atoms in total. The quantitative estimate of drug-likeness (QED) is 0.728. The maximum Gasteiger partial charge on any atom is 0.293 e. The van der Waals surface area contributed by atoms with Gasteiger partial charge in [-0.2, -0.15) is 9.64 Å². The van der Waals surface area contributed by atoms with Crippen LogP contribution < -0.4 is 5.32 Å². The summed E-state index contributed by atoms with van der Waals surface area (Å²) >= 11 is 1.04. The molecule has 126 valence electrons. The topological polar surface area (TPSA) is 112 Å². The molecule has 0 saturated heterocycles. The number of nitriles is 1. The third-order valence-corrected chi connectivity index (χ3v) is 3.98. The highest BCUT2D eigenvalue weighted by Crippen LogP contribution is 2.24. The smallest absolute Gasteiger partial charge is 0.293 e. The summed E-state index contributed by atoms with van der Waals surface area (Å²) in [4.78, 5) is 16.4. The Balaban J connectivity index is 1.72. The number of anilines is 1. The van der Waals surface area contributed by atoms with Gasteiger partial charge in [-0.25, -0.2) is 4.98 Å².